The Morgan fingerprint density at radius 2 is 1.38 bits per heavy atom. The van der Waals surface area contributed by atoms with Crippen molar-refractivity contribution < 1.29 is 14.9 Å². The zero-order valence-corrected chi connectivity index (χ0v) is 18.6. The van der Waals surface area contributed by atoms with Gasteiger partial charge in [-0.25, -0.2) is 0 Å². The normalized spacial score (nSPS) is 11.4. The summed E-state index contributed by atoms with van der Waals surface area (Å²) < 4.78 is 5.73. The van der Waals surface area contributed by atoms with E-state index in [4.69, 9.17) is 9.84 Å². The highest BCUT2D eigenvalue weighted by Gasteiger charge is 2.02. The molecule has 0 aromatic heterocycles. The predicted octanol–water partition coefficient (Wildman–Crippen LogP) is 6.66. The predicted molar refractivity (Wildman–Crippen MR) is 123 cm³/mol. The van der Waals surface area contributed by atoms with Crippen molar-refractivity contribution in [2.24, 2.45) is 4.99 Å². The van der Waals surface area contributed by atoms with E-state index in [1.807, 2.05) is 6.07 Å². The van der Waals surface area contributed by atoms with Gasteiger partial charge in [-0.1, -0.05) is 90.4 Å². The number of aliphatic imine (C=N–C) groups is 1. The van der Waals surface area contributed by atoms with E-state index in [0.717, 1.165) is 6.42 Å². The highest BCUT2D eigenvalue weighted by atomic mass is 16.5. The van der Waals surface area contributed by atoms with Crippen LogP contribution in [0.25, 0.3) is 0 Å². The molecule has 0 saturated carbocycles. The summed E-state index contributed by atoms with van der Waals surface area (Å²) in [6.45, 7) is 3.32. The van der Waals surface area contributed by atoms with Crippen molar-refractivity contribution in [1.82, 2.24) is 0 Å². The molecule has 4 heteroatoms. The third kappa shape index (κ3) is 14.1. The van der Waals surface area contributed by atoms with Gasteiger partial charge in [-0.15, -0.1) is 0 Å². The number of rotatable bonds is 19. The molecular formula is C25H43NO3. The van der Waals surface area contributed by atoms with Gasteiger partial charge < -0.3 is 14.9 Å². The smallest absolute Gasteiger partial charge is 0.128 e. The van der Waals surface area contributed by atoms with Crippen LogP contribution in [-0.4, -0.2) is 36.2 Å². The largest absolute Gasteiger partial charge is 0.507 e. The van der Waals surface area contributed by atoms with E-state index in [-0.39, 0.29) is 12.4 Å². The summed E-state index contributed by atoms with van der Waals surface area (Å²) in [5.74, 6) is 0.849. The van der Waals surface area contributed by atoms with Crippen LogP contribution in [0.4, 0.5) is 0 Å². The van der Waals surface area contributed by atoms with E-state index in [0.29, 0.717) is 24.5 Å². The fourth-order valence-corrected chi connectivity index (χ4v) is 3.43. The minimum Gasteiger partial charge on any atom is -0.507 e. The van der Waals surface area contributed by atoms with E-state index >= 15 is 0 Å². The Bertz CT molecular complexity index is 531. The number of aliphatic hydroxyl groups excluding tert-OH is 1. The first-order chi connectivity index (χ1) is 14.3. The Morgan fingerprint density at radius 3 is 1.90 bits per heavy atom. The fraction of sp³-hybridized carbons (Fsp3) is 0.720. The molecule has 0 heterocycles. The van der Waals surface area contributed by atoms with Crippen LogP contribution in [0.1, 0.15) is 102 Å². The van der Waals surface area contributed by atoms with E-state index < -0.39 is 0 Å². The SMILES string of the molecule is CCCCCCCCCCCCCCCCOc1ccc(C=NCCO)c(O)c1. The first kappa shape index (κ1) is 25.5. The summed E-state index contributed by atoms with van der Waals surface area (Å²) in [5.41, 5.74) is 0.641. The van der Waals surface area contributed by atoms with Crippen LogP contribution in [0, 0.1) is 0 Å². The molecule has 2 N–H and O–H groups in total. The summed E-state index contributed by atoms with van der Waals surface area (Å²) in [7, 11) is 0. The number of unbranched alkanes of at least 4 members (excludes halogenated alkanes) is 13. The van der Waals surface area contributed by atoms with Crippen molar-refractivity contribution in [3.05, 3.63) is 23.8 Å². The van der Waals surface area contributed by atoms with Gasteiger partial charge in [0.15, 0.2) is 0 Å². The second kappa shape index (κ2) is 18.5. The standard InChI is InChI=1S/C25H43NO3/c1-2-3-4-5-6-7-8-9-10-11-12-13-14-15-20-29-24-17-16-23(25(28)21-24)22-26-18-19-27/h16-17,21-22,27-28H,2-15,18-20H2,1H3. The first-order valence-corrected chi connectivity index (χ1v) is 11.8. The molecule has 166 valence electrons. The third-order valence-corrected chi connectivity index (χ3v) is 5.23. The van der Waals surface area contributed by atoms with Crippen molar-refractivity contribution in [3.63, 3.8) is 0 Å². The van der Waals surface area contributed by atoms with Crippen molar-refractivity contribution in [2.75, 3.05) is 19.8 Å². The maximum atomic E-state index is 9.98. The quantitative estimate of drug-likeness (QED) is 0.200. The number of benzene rings is 1. The number of nitrogens with zero attached hydrogens (tertiary/aromatic N) is 1. The van der Waals surface area contributed by atoms with Gasteiger partial charge >= 0.3 is 0 Å². The number of aliphatic hydroxyl groups is 1. The molecule has 1 aromatic carbocycles. The molecule has 0 atom stereocenters. The lowest BCUT2D eigenvalue weighted by molar-refractivity contribution is 0.302. The molecule has 0 bridgehead atoms. The van der Waals surface area contributed by atoms with Crippen molar-refractivity contribution in [3.8, 4) is 11.5 Å². The Balaban J connectivity index is 1.94. The van der Waals surface area contributed by atoms with Crippen LogP contribution in [0.3, 0.4) is 0 Å². The molecule has 0 saturated heterocycles. The van der Waals surface area contributed by atoms with Gasteiger partial charge in [0.05, 0.1) is 19.8 Å². The second-order valence-electron chi connectivity index (χ2n) is 7.92. The number of aromatic hydroxyl groups is 1. The lowest BCUT2D eigenvalue weighted by Gasteiger charge is -2.08. The van der Waals surface area contributed by atoms with Crippen LogP contribution < -0.4 is 4.74 Å². The number of phenols is 1. The van der Waals surface area contributed by atoms with E-state index in [9.17, 15) is 5.11 Å². The van der Waals surface area contributed by atoms with Gasteiger partial charge in [0.25, 0.3) is 0 Å². The fourth-order valence-electron chi connectivity index (χ4n) is 3.43. The zero-order valence-electron chi connectivity index (χ0n) is 18.6. The number of hydrogen-bond donors (Lipinski definition) is 2. The Labute approximate surface area is 178 Å². The summed E-state index contributed by atoms with van der Waals surface area (Å²) in [6, 6.07) is 5.27. The van der Waals surface area contributed by atoms with E-state index in [2.05, 4.69) is 11.9 Å². The van der Waals surface area contributed by atoms with Crippen LogP contribution in [0.2, 0.25) is 0 Å². The van der Waals surface area contributed by atoms with Crippen molar-refractivity contribution in [1.29, 1.82) is 0 Å². The molecule has 4 nitrogen and oxygen atoms in total. The molecule has 0 aliphatic carbocycles. The van der Waals surface area contributed by atoms with Crippen LogP contribution in [0.5, 0.6) is 11.5 Å². The topological polar surface area (TPSA) is 62.0 Å². The highest BCUT2D eigenvalue weighted by Crippen LogP contribution is 2.22. The number of hydrogen-bond acceptors (Lipinski definition) is 4. The van der Waals surface area contributed by atoms with Gasteiger partial charge in [0.2, 0.25) is 0 Å². The maximum Gasteiger partial charge on any atom is 0.128 e. The Hall–Kier alpha value is -1.55. The van der Waals surface area contributed by atoms with Crippen LogP contribution in [0.15, 0.2) is 23.2 Å². The lowest BCUT2D eigenvalue weighted by Crippen LogP contribution is -1.98. The van der Waals surface area contributed by atoms with E-state index in [1.165, 1.54) is 83.5 Å². The molecule has 1 aromatic rings. The highest BCUT2D eigenvalue weighted by molar-refractivity contribution is 5.83. The second-order valence-corrected chi connectivity index (χ2v) is 7.92. The summed E-state index contributed by atoms with van der Waals surface area (Å²) in [6.07, 6.45) is 20.5. The summed E-state index contributed by atoms with van der Waals surface area (Å²) >= 11 is 0. The average Bonchev–Trinajstić information content (AvgIpc) is 2.72. The number of phenolic OH excluding ortho intramolecular Hbond substituents is 1. The maximum absolute atomic E-state index is 9.98. The molecule has 0 amide bonds. The van der Waals surface area contributed by atoms with Crippen LogP contribution in [-0.2, 0) is 0 Å². The van der Waals surface area contributed by atoms with Gasteiger partial charge in [0, 0.05) is 17.8 Å². The Morgan fingerprint density at radius 1 is 0.828 bits per heavy atom. The van der Waals surface area contributed by atoms with Crippen LogP contribution >= 0.6 is 0 Å². The average molecular weight is 406 g/mol. The van der Waals surface area contributed by atoms with Gasteiger partial charge in [-0.3, -0.25) is 4.99 Å². The molecule has 0 aliphatic rings. The summed E-state index contributed by atoms with van der Waals surface area (Å²) in [5, 5.41) is 18.7. The zero-order chi connectivity index (χ0) is 21.0. The summed E-state index contributed by atoms with van der Waals surface area (Å²) in [4.78, 5) is 4.02. The minimum absolute atomic E-state index is 0.0116. The monoisotopic (exact) mass is 405 g/mol. The molecular weight excluding hydrogens is 362 g/mol. The molecule has 0 radical (unpaired) electrons. The van der Waals surface area contributed by atoms with Gasteiger partial charge in [-0.2, -0.15) is 0 Å². The van der Waals surface area contributed by atoms with Crippen molar-refractivity contribution >= 4 is 6.21 Å². The Kier molecular flexibility index (Phi) is 16.2. The van der Waals surface area contributed by atoms with Gasteiger partial charge in [-0.05, 0) is 18.6 Å². The van der Waals surface area contributed by atoms with Crippen molar-refractivity contribution in [2.45, 2.75) is 96.8 Å². The molecule has 1 rings (SSSR count). The first-order valence-electron chi connectivity index (χ1n) is 11.8. The molecule has 29 heavy (non-hydrogen) atoms. The molecule has 0 fully saturated rings. The van der Waals surface area contributed by atoms with Gasteiger partial charge in [0.1, 0.15) is 11.5 Å². The molecule has 0 unspecified atom stereocenters. The molecule has 0 aliphatic heterocycles. The number of ether oxygens (including phenoxy) is 1. The third-order valence-electron chi connectivity index (χ3n) is 5.23. The molecule has 0 spiro atoms. The lowest BCUT2D eigenvalue weighted by atomic mass is 10.0. The van der Waals surface area contributed by atoms with E-state index in [1.54, 1.807) is 18.3 Å². The minimum atomic E-state index is 0.0116.